The van der Waals surface area contributed by atoms with Crippen molar-refractivity contribution < 1.29 is 0 Å². The Morgan fingerprint density at radius 2 is 1.83 bits per heavy atom. The summed E-state index contributed by atoms with van der Waals surface area (Å²) in [7, 11) is 5.93. The summed E-state index contributed by atoms with van der Waals surface area (Å²) >= 11 is 6.73. The summed E-state index contributed by atoms with van der Waals surface area (Å²) in [5.41, 5.74) is 5.43. The van der Waals surface area contributed by atoms with Crippen LogP contribution in [0, 0.1) is 0 Å². The van der Waals surface area contributed by atoms with E-state index in [2.05, 4.69) is 39.6 Å². The van der Waals surface area contributed by atoms with Crippen LogP contribution in [0.1, 0.15) is 37.2 Å². The molecule has 0 aliphatic heterocycles. The summed E-state index contributed by atoms with van der Waals surface area (Å²) in [4.78, 5) is 30.0. The van der Waals surface area contributed by atoms with E-state index in [9.17, 15) is 4.79 Å². The Kier molecular flexibility index (Phi) is 7.60. The van der Waals surface area contributed by atoms with Gasteiger partial charge in [0.05, 0.1) is 16.3 Å². The normalized spacial score (nSPS) is 13.9. The van der Waals surface area contributed by atoms with E-state index in [-0.39, 0.29) is 5.56 Å². The van der Waals surface area contributed by atoms with Crippen LogP contribution in [-0.2, 0) is 13.6 Å². The first-order chi connectivity index (χ1) is 19.9. The zero-order valence-electron chi connectivity index (χ0n) is 23.6. The van der Waals surface area contributed by atoms with Gasteiger partial charge in [-0.15, -0.1) is 0 Å². The molecule has 0 unspecified atom stereocenters. The van der Waals surface area contributed by atoms with Crippen LogP contribution in [0.15, 0.2) is 71.9 Å². The van der Waals surface area contributed by atoms with Gasteiger partial charge in [0, 0.05) is 61.1 Å². The van der Waals surface area contributed by atoms with Gasteiger partial charge in [0.1, 0.15) is 5.65 Å². The van der Waals surface area contributed by atoms with Crippen molar-refractivity contribution in [2.45, 2.75) is 38.1 Å². The van der Waals surface area contributed by atoms with E-state index in [4.69, 9.17) is 16.6 Å². The molecule has 1 saturated carbocycles. The second-order valence-corrected chi connectivity index (χ2v) is 11.5. The molecule has 210 valence electrons. The van der Waals surface area contributed by atoms with Crippen LogP contribution in [-0.4, -0.2) is 49.6 Å². The van der Waals surface area contributed by atoms with Crippen molar-refractivity contribution in [2.24, 2.45) is 7.05 Å². The minimum absolute atomic E-state index is 0.189. The molecule has 1 aromatic carbocycles. The molecule has 6 rings (SSSR count). The lowest BCUT2D eigenvalue weighted by molar-refractivity contribution is 0.384. The van der Waals surface area contributed by atoms with Crippen molar-refractivity contribution in [3.05, 3.63) is 88.1 Å². The number of pyridine rings is 2. The second kappa shape index (κ2) is 11.5. The molecule has 5 aromatic rings. The fraction of sp³-hybridized carbons (Fsp3) is 0.312. The fourth-order valence-electron chi connectivity index (χ4n) is 5.66. The van der Waals surface area contributed by atoms with Crippen LogP contribution in [0.4, 0.5) is 11.6 Å². The van der Waals surface area contributed by atoms with Gasteiger partial charge in [-0.3, -0.25) is 14.3 Å². The van der Waals surface area contributed by atoms with E-state index in [0.29, 0.717) is 46.9 Å². The van der Waals surface area contributed by atoms with Crippen LogP contribution < -0.4 is 10.9 Å². The zero-order valence-corrected chi connectivity index (χ0v) is 24.4. The number of hydrogen-bond acceptors (Lipinski definition) is 6. The van der Waals surface area contributed by atoms with E-state index < -0.39 is 0 Å². The Hall–Kier alpha value is -4.01. The van der Waals surface area contributed by atoms with E-state index in [0.717, 1.165) is 22.3 Å². The molecular formula is C32H34ClN7O. The number of halogens is 1. The minimum Gasteiger partial charge on any atom is -0.351 e. The summed E-state index contributed by atoms with van der Waals surface area (Å²) < 4.78 is 3.70. The average molecular weight is 568 g/mol. The minimum atomic E-state index is -0.189. The number of nitrogens with zero attached hydrogens (tertiary/aromatic N) is 6. The molecule has 9 heteroatoms. The number of anilines is 2. The first-order valence-corrected chi connectivity index (χ1v) is 14.4. The third-order valence-electron chi connectivity index (χ3n) is 7.93. The predicted octanol–water partition coefficient (Wildman–Crippen LogP) is 6.48. The molecule has 1 N–H and O–H groups in total. The molecule has 1 fully saturated rings. The molecule has 8 nitrogen and oxygen atoms in total. The molecule has 0 atom stereocenters. The highest BCUT2D eigenvalue weighted by molar-refractivity contribution is 6.33. The fourth-order valence-corrected chi connectivity index (χ4v) is 5.93. The van der Waals surface area contributed by atoms with E-state index in [1.807, 2.05) is 55.0 Å². The highest BCUT2D eigenvalue weighted by Crippen LogP contribution is 2.35. The maximum atomic E-state index is 13.9. The number of nitrogens with one attached hydrogen (secondary N) is 1. The predicted molar refractivity (Wildman–Crippen MR) is 166 cm³/mol. The van der Waals surface area contributed by atoms with Crippen molar-refractivity contribution in [2.75, 3.05) is 26.0 Å². The summed E-state index contributed by atoms with van der Waals surface area (Å²) in [6.07, 6.45) is 10.6. The molecule has 1 aliphatic rings. The van der Waals surface area contributed by atoms with Crippen molar-refractivity contribution >= 4 is 34.3 Å². The molecular weight excluding hydrogens is 534 g/mol. The Balaban J connectivity index is 1.36. The maximum Gasteiger partial charge on any atom is 0.261 e. The number of benzene rings is 1. The van der Waals surface area contributed by atoms with E-state index >= 15 is 0 Å². The van der Waals surface area contributed by atoms with Crippen LogP contribution in [0.5, 0.6) is 0 Å². The Bertz CT molecular complexity index is 1750. The van der Waals surface area contributed by atoms with Gasteiger partial charge in [-0.05, 0) is 74.8 Å². The number of hydrogen-bond donors (Lipinski definition) is 1. The second-order valence-electron chi connectivity index (χ2n) is 11.1. The highest BCUT2D eigenvalue weighted by Gasteiger charge is 2.19. The number of likely N-dealkylation sites (N-methyl/N-ethyl adjacent to an activating group) is 1. The van der Waals surface area contributed by atoms with Crippen molar-refractivity contribution in [3.8, 4) is 22.5 Å². The van der Waals surface area contributed by atoms with Crippen LogP contribution in [0.2, 0.25) is 5.02 Å². The molecule has 0 saturated heterocycles. The molecule has 41 heavy (non-hydrogen) atoms. The highest BCUT2D eigenvalue weighted by atomic mass is 35.5. The first-order valence-electron chi connectivity index (χ1n) is 14.1. The molecule has 0 spiro atoms. The smallest absolute Gasteiger partial charge is 0.261 e. The Morgan fingerprint density at radius 3 is 2.51 bits per heavy atom. The third kappa shape index (κ3) is 5.62. The first kappa shape index (κ1) is 27.2. The number of aryl methyl sites for hydroxylation is 1. The SMILES string of the molecule is CN(C)CCn1c(=O)c(-c2ncc(-c3cccn3C)cc2Cl)cc2cnc(Nc3ccc(C4CCCC4)cc3)nc21. The number of aromatic nitrogens is 5. The molecule has 1 aliphatic carbocycles. The van der Waals surface area contributed by atoms with Crippen molar-refractivity contribution in [1.82, 2.24) is 29.0 Å². The summed E-state index contributed by atoms with van der Waals surface area (Å²) in [5, 5.41) is 4.48. The standard InChI is InChI=1S/C32H34ClN7O/c1-38(2)15-16-40-30-24(20-35-32(37-30)36-25-12-10-22(11-13-25)21-7-4-5-8-21)17-26(31(40)41)29-27(33)18-23(19-34-29)28-9-6-14-39(28)3/h6,9-14,17-21H,4-5,7-8,15-16H2,1-3H3,(H,35,36,37). The molecule has 4 aromatic heterocycles. The summed E-state index contributed by atoms with van der Waals surface area (Å²) in [5.74, 6) is 1.11. The van der Waals surface area contributed by atoms with Crippen LogP contribution in [0.25, 0.3) is 33.5 Å². The zero-order chi connectivity index (χ0) is 28.5. The van der Waals surface area contributed by atoms with Gasteiger partial charge in [-0.1, -0.05) is 36.6 Å². The van der Waals surface area contributed by atoms with E-state index in [1.165, 1.54) is 31.2 Å². The number of rotatable bonds is 8. The lowest BCUT2D eigenvalue weighted by Crippen LogP contribution is -2.28. The largest absolute Gasteiger partial charge is 0.351 e. The monoisotopic (exact) mass is 567 g/mol. The van der Waals surface area contributed by atoms with Crippen LogP contribution >= 0.6 is 11.6 Å². The summed E-state index contributed by atoms with van der Waals surface area (Å²) in [6.45, 7) is 1.13. The van der Waals surface area contributed by atoms with Gasteiger partial charge in [0.2, 0.25) is 5.95 Å². The van der Waals surface area contributed by atoms with Crippen molar-refractivity contribution in [1.29, 1.82) is 0 Å². The summed E-state index contributed by atoms with van der Waals surface area (Å²) in [6, 6.07) is 16.2. The van der Waals surface area contributed by atoms with E-state index in [1.54, 1.807) is 23.0 Å². The van der Waals surface area contributed by atoms with Gasteiger partial charge >= 0.3 is 0 Å². The quantitative estimate of drug-likeness (QED) is 0.231. The topological polar surface area (TPSA) is 80.9 Å². The van der Waals surface area contributed by atoms with Gasteiger partial charge in [-0.2, -0.15) is 4.98 Å². The molecule has 0 amide bonds. The van der Waals surface area contributed by atoms with Crippen LogP contribution in [0.3, 0.4) is 0 Å². The molecule has 4 heterocycles. The van der Waals surface area contributed by atoms with Crippen molar-refractivity contribution in [3.63, 3.8) is 0 Å². The average Bonchev–Trinajstić information content (AvgIpc) is 3.65. The van der Waals surface area contributed by atoms with Gasteiger partial charge in [0.25, 0.3) is 5.56 Å². The number of fused-ring (bicyclic) bond motifs is 1. The molecule has 0 bridgehead atoms. The molecule has 0 radical (unpaired) electrons. The third-order valence-corrected chi connectivity index (χ3v) is 8.22. The van der Waals surface area contributed by atoms with Gasteiger partial charge in [-0.25, -0.2) is 4.98 Å². The van der Waals surface area contributed by atoms with Gasteiger partial charge < -0.3 is 14.8 Å². The Labute approximate surface area is 244 Å². The lowest BCUT2D eigenvalue weighted by atomic mass is 9.98. The maximum absolute atomic E-state index is 13.9. The lowest BCUT2D eigenvalue weighted by Gasteiger charge is -2.16. The van der Waals surface area contributed by atoms with Gasteiger partial charge in [0.15, 0.2) is 0 Å². The Morgan fingerprint density at radius 1 is 1.05 bits per heavy atom.